The molecule has 1 unspecified atom stereocenters. The van der Waals surface area contributed by atoms with Gasteiger partial charge in [0.2, 0.25) is 5.60 Å². The first-order valence-corrected chi connectivity index (χ1v) is 8.57. The molecule has 0 spiro atoms. The van der Waals surface area contributed by atoms with E-state index in [9.17, 15) is 27.9 Å². The van der Waals surface area contributed by atoms with Gasteiger partial charge < -0.3 is 14.6 Å². The summed E-state index contributed by atoms with van der Waals surface area (Å²) in [6.45, 7) is 3.26. The van der Waals surface area contributed by atoms with Crippen LogP contribution in [0.15, 0.2) is 41.3 Å². The lowest BCUT2D eigenvalue weighted by Crippen LogP contribution is -2.39. The number of rotatable bonds is 8. The molecule has 1 aromatic heterocycles. The Morgan fingerprint density at radius 3 is 2.38 bits per heavy atom. The van der Waals surface area contributed by atoms with E-state index in [1.807, 2.05) is 0 Å². The Hall–Kier alpha value is -2.13. The van der Waals surface area contributed by atoms with E-state index >= 15 is 0 Å². The summed E-state index contributed by atoms with van der Waals surface area (Å²) < 4.78 is 49.4. The molecule has 1 aromatic rings. The monoisotopic (exact) mass is 392 g/mol. The van der Waals surface area contributed by atoms with Crippen LogP contribution in [-0.2, 0) is 24.7 Å². The highest BCUT2D eigenvalue weighted by atomic mass is 32.1. The number of ether oxygens (including phenoxy) is 2. The Kier molecular flexibility index (Phi) is 8.04. The van der Waals surface area contributed by atoms with Crippen molar-refractivity contribution in [3.05, 3.63) is 46.2 Å². The summed E-state index contributed by atoms with van der Waals surface area (Å²) in [5.74, 6) is -1.57. The molecule has 0 aliphatic heterocycles. The molecule has 0 bridgehead atoms. The molecule has 5 nitrogen and oxygen atoms in total. The van der Waals surface area contributed by atoms with Crippen molar-refractivity contribution < 1.29 is 37.3 Å². The molecule has 0 fully saturated rings. The number of esters is 2. The van der Waals surface area contributed by atoms with Crippen LogP contribution in [0, 0.1) is 0 Å². The van der Waals surface area contributed by atoms with Gasteiger partial charge in [0.15, 0.2) is 0 Å². The van der Waals surface area contributed by atoms with Crippen molar-refractivity contribution in [3.63, 3.8) is 0 Å². The third-order valence-corrected chi connectivity index (χ3v) is 4.14. The highest BCUT2D eigenvalue weighted by Crippen LogP contribution is 2.42. The molecule has 0 saturated heterocycles. The second kappa shape index (κ2) is 9.54. The number of aliphatic hydroxyl groups is 1. The van der Waals surface area contributed by atoms with Gasteiger partial charge in [0.05, 0.1) is 19.6 Å². The molecular weight excluding hydrogens is 373 g/mol. The summed E-state index contributed by atoms with van der Waals surface area (Å²) in [5.41, 5.74) is -3.39. The minimum Gasteiger partial charge on any atom is -0.466 e. The number of halogens is 3. The fourth-order valence-electron chi connectivity index (χ4n) is 1.91. The van der Waals surface area contributed by atoms with Gasteiger partial charge in [-0.05, 0) is 31.4 Å². The third-order valence-electron chi connectivity index (χ3n) is 3.14. The van der Waals surface area contributed by atoms with E-state index in [0.29, 0.717) is 6.08 Å². The molecule has 9 heteroatoms. The minimum absolute atomic E-state index is 0.0321. The number of allylic oxidation sites excluding steroid dienone is 2. The highest BCUT2D eigenvalue weighted by Gasteiger charge is 2.53. The van der Waals surface area contributed by atoms with Gasteiger partial charge in [-0.15, -0.1) is 11.3 Å². The Bertz CT molecular complexity index is 664. The summed E-state index contributed by atoms with van der Waals surface area (Å²) in [5, 5.41) is 11.5. The van der Waals surface area contributed by atoms with E-state index in [2.05, 4.69) is 0 Å². The number of hydrogen-bond donors (Lipinski definition) is 1. The van der Waals surface area contributed by atoms with Crippen LogP contribution >= 0.6 is 11.3 Å². The topological polar surface area (TPSA) is 72.8 Å². The van der Waals surface area contributed by atoms with Gasteiger partial charge in [-0.3, -0.25) is 4.79 Å². The molecule has 1 atom stereocenters. The molecular formula is C17H19F3O5S. The molecule has 0 amide bonds. The van der Waals surface area contributed by atoms with Gasteiger partial charge in [0, 0.05) is 10.5 Å². The van der Waals surface area contributed by atoms with Crippen molar-refractivity contribution in [3.8, 4) is 0 Å². The number of thiophene rings is 1. The maximum absolute atomic E-state index is 13.3. The predicted octanol–water partition coefficient (Wildman–Crippen LogP) is 3.50. The molecule has 26 heavy (non-hydrogen) atoms. The standard InChI is InChI=1S/C17H19F3O5S/c1-3-24-14(21)11-12(15(22)25-4-2)7-5-9-16(23,17(18,19)20)13-8-6-10-26-13/h5-10,23H,3-4,11H2,1-2H3/b9-5+,12-7+. The predicted molar refractivity (Wildman–Crippen MR) is 89.4 cm³/mol. The highest BCUT2D eigenvalue weighted by molar-refractivity contribution is 7.10. The first-order valence-electron chi connectivity index (χ1n) is 7.69. The van der Waals surface area contributed by atoms with Crippen LogP contribution in [0.1, 0.15) is 25.1 Å². The molecule has 0 radical (unpaired) electrons. The zero-order chi connectivity index (χ0) is 19.8. The zero-order valence-electron chi connectivity index (χ0n) is 14.2. The summed E-state index contributed by atoms with van der Waals surface area (Å²) >= 11 is 0.740. The fraction of sp³-hybridized carbons (Fsp3) is 0.412. The summed E-state index contributed by atoms with van der Waals surface area (Å²) in [6.07, 6.45) is -3.03. The van der Waals surface area contributed by atoms with Crippen LogP contribution in [0.4, 0.5) is 13.2 Å². The first kappa shape index (κ1) is 21.9. The first-order chi connectivity index (χ1) is 12.2. The Morgan fingerprint density at radius 2 is 1.88 bits per heavy atom. The normalized spacial score (nSPS) is 14.9. The van der Waals surface area contributed by atoms with Gasteiger partial charge in [-0.25, -0.2) is 4.79 Å². The van der Waals surface area contributed by atoms with Crippen molar-refractivity contribution >= 4 is 23.3 Å². The molecule has 0 aliphatic carbocycles. The van der Waals surface area contributed by atoms with E-state index in [0.717, 1.165) is 29.6 Å². The lowest BCUT2D eigenvalue weighted by Gasteiger charge is -2.26. The maximum atomic E-state index is 13.3. The van der Waals surface area contributed by atoms with Crippen LogP contribution in [0.3, 0.4) is 0 Å². The van der Waals surface area contributed by atoms with Crippen molar-refractivity contribution in [2.24, 2.45) is 0 Å². The molecule has 1 heterocycles. The van der Waals surface area contributed by atoms with Gasteiger partial charge in [-0.1, -0.05) is 18.2 Å². The van der Waals surface area contributed by atoms with Gasteiger partial charge in [0.1, 0.15) is 0 Å². The fourth-order valence-corrected chi connectivity index (χ4v) is 2.73. The van der Waals surface area contributed by atoms with E-state index in [-0.39, 0.29) is 23.7 Å². The van der Waals surface area contributed by atoms with Gasteiger partial charge in [0.25, 0.3) is 0 Å². The van der Waals surface area contributed by atoms with E-state index in [4.69, 9.17) is 9.47 Å². The van der Waals surface area contributed by atoms with Crippen molar-refractivity contribution in [2.75, 3.05) is 13.2 Å². The number of carbonyl (C=O) groups is 2. The number of alkyl halides is 3. The van der Waals surface area contributed by atoms with Crippen molar-refractivity contribution in [1.29, 1.82) is 0 Å². The van der Waals surface area contributed by atoms with E-state index < -0.39 is 30.1 Å². The van der Waals surface area contributed by atoms with Crippen LogP contribution in [0.5, 0.6) is 0 Å². The van der Waals surface area contributed by atoms with Gasteiger partial charge in [-0.2, -0.15) is 13.2 Å². The van der Waals surface area contributed by atoms with Crippen LogP contribution < -0.4 is 0 Å². The molecule has 0 aromatic carbocycles. The average molecular weight is 392 g/mol. The van der Waals surface area contributed by atoms with Crippen molar-refractivity contribution in [2.45, 2.75) is 32.0 Å². The zero-order valence-corrected chi connectivity index (χ0v) is 15.0. The number of carbonyl (C=O) groups excluding carboxylic acids is 2. The summed E-state index contributed by atoms with van der Waals surface area (Å²) in [4.78, 5) is 23.1. The van der Waals surface area contributed by atoms with Crippen LogP contribution in [0.2, 0.25) is 0 Å². The SMILES string of the molecule is CCOC(=O)C/C(=C\C=C\C(O)(c1cccs1)C(F)(F)F)C(=O)OCC. The lowest BCUT2D eigenvalue weighted by molar-refractivity contribution is -0.243. The second-order valence-corrected chi connectivity index (χ2v) is 5.94. The molecule has 144 valence electrons. The van der Waals surface area contributed by atoms with Crippen molar-refractivity contribution in [1.82, 2.24) is 0 Å². The second-order valence-electron chi connectivity index (χ2n) is 4.99. The van der Waals surface area contributed by atoms with Crippen LogP contribution in [0.25, 0.3) is 0 Å². The molecule has 0 aliphatic rings. The quantitative estimate of drug-likeness (QED) is 0.417. The summed E-state index contributed by atoms with van der Waals surface area (Å²) in [6, 6.07) is 2.53. The molecule has 1 N–H and O–H groups in total. The molecule has 0 saturated carbocycles. The Labute approximate surface area is 152 Å². The Balaban J connectivity index is 3.14. The lowest BCUT2D eigenvalue weighted by atomic mass is 10.00. The van der Waals surface area contributed by atoms with E-state index in [1.165, 1.54) is 11.4 Å². The number of hydrogen-bond acceptors (Lipinski definition) is 6. The smallest absolute Gasteiger partial charge is 0.425 e. The Morgan fingerprint density at radius 1 is 1.23 bits per heavy atom. The minimum atomic E-state index is -4.96. The molecule has 1 rings (SSSR count). The maximum Gasteiger partial charge on any atom is 0.425 e. The third kappa shape index (κ3) is 5.70. The van der Waals surface area contributed by atoms with Crippen LogP contribution in [-0.4, -0.2) is 36.4 Å². The van der Waals surface area contributed by atoms with E-state index in [1.54, 1.807) is 13.8 Å². The van der Waals surface area contributed by atoms with Gasteiger partial charge >= 0.3 is 18.1 Å². The summed E-state index contributed by atoms with van der Waals surface area (Å²) in [7, 11) is 0. The average Bonchev–Trinajstić information content (AvgIpc) is 3.08. The largest absolute Gasteiger partial charge is 0.466 e.